The number of fused-ring (bicyclic) bond motifs is 5. The zero-order valence-corrected chi connectivity index (χ0v) is 28.1. The van der Waals surface area contributed by atoms with E-state index in [0.29, 0.717) is 44.7 Å². The standard InChI is InChI=1S/C36H38O4Si2/c1-20-21(2)34(39)31(27(32(20)37)16-18-42(8,9)10)36-29-25-14-12-11-13-24(25)19-28(29)30-26(15-17-41(5,6)7)33(38)22(3)23(4)35(30)40-36/h11-14,19,37-39H,1-10H3. The summed E-state index contributed by atoms with van der Waals surface area (Å²) in [5, 5.41) is 37.3. The molecule has 0 bridgehead atoms. The van der Waals surface area contributed by atoms with Crippen molar-refractivity contribution >= 4 is 37.9 Å². The van der Waals surface area contributed by atoms with E-state index in [4.69, 9.17) is 4.42 Å². The Balaban J connectivity index is 2.08. The van der Waals surface area contributed by atoms with Crippen LogP contribution in [0.15, 0.2) is 34.7 Å². The van der Waals surface area contributed by atoms with Gasteiger partial charge in [-0.2, -0.15) is 0 Å². The zero-order valence-electron chi connectivity index (χ0n) is 26.1. The van der Waals surface area contributed by atoms with Crippen molar-refractivity contribution in [1.29, 1.82) is 0 Å². The van der Waals surface area contributed by atoms with Crippen molar-refractivity contribution in [1.82, 2.24) is 0 Å². The number of hydrogen-bond acceptors (Lipinski definition) is 4. The Bertz CT molecular complexity index is 2030. The second-order valence-corrected chi connectivity index (χ2v) is 22.8. The van der Waals surface area contributed by atoms with Crippen molar-refractivity contribution in [3.05, 3.63) is 63.7 Å². The Morgan fingerprint density at radius 3 is 1.79 bits per heavy atom. The van der Waals surface area contributed by atoms with Crippen molar-refractivity contribution in [2.24, 2.45) is 0 Å². The summed E-state index contributed by atoms with van der Waals surface area (Å²) in [6, 6.07) is 10.1. The van der Waals surface area contributed by atoms with Crippen LogP contribution in [-0.2, 0) is 0 Å². The molecule has 1 aliphatic heterocycles. The summed E-state index contributed by atoms with van der Waals surface area (Å²) < 4.78 is 6.88. The Labute approximate surface area is 250 Å². The summed E-state index contributed by atoms with van der Waals surface area (Å²) in [7, 11) is -3.62. The quantitative estimate of drug-likeness (QED) is 0.103. The predicted molar refractivity (Wildman–Crippen MR) is 180 cm³/mol. The number of aromatic hydroxyl groups is 3. The van der Waals surface area contributed by atoms with Gasteiger partial charge in [0.1, 0.15) is 44.7 Å². The molecule has 3 aromatic carbocycles. The molecule has 1 aliphatic carbocycles. The van der Waals surface area contributed by atoms with Crippen LogP contribution < -0.4 is 0 Å². The van der Waals surface area contributed by atoms with E-state index in [1.54, 1.807) is 13.8 Å². The van der Waals surface area contributed by atoms with Crippen LogP contribution >= 0.6 is 0 Å². The highest BCUT2D eigenvalue weighted by Gasteiger charge is 2.31. The van der Waals surface area contributed by atoms with Gasteiger partial charge in [-0.1, -0.05) is 75.4 Å². The largest absolute Gasteiger partial charge is 0.507 e. The molecule has 5 rings (SSSR count). The molecule has 0 spiro atoms. The monoisotopic (exact) mass is 590 g/mol. The second kappa shape index (κ2) is 10.0. The van der Waals surface area contributed by atoms with E-state index < -0.39 is 16.1 Å². The number of phenolic OH excluding ortho intramolecular Hbond substituents is 3. The summed E-state index contributed by atoms with van der Waals surface area (Å²) in [6.07, 6.45) is 0. The third kappa shape index (κ3) is 4.85. The lowest BCUT2D eigenvalue weighted by Gasteiger charge is -2.21. The number of benzene rings is 3. The van der Waals surface area contributed by atoms with Crippen LogP contribution in [-0.4, -0.2) is 31.5 Å². The molecular formula is C36H38O4Si2. The van der Waals surface area contributed by atoms with Crippen molar-refractivity contribution < 1.29 is 19.7 Å². The minimum absolute atomic E-state index is 0.0340. The van der Waals surface area contributed by atoms with Crippen molar-refractivity contribution in [2.45, 2.75) is 67.0 Å². The van der Waals surface area contributed by atoms with E-state index in [2.05, 4.69) is 68.3 Å². The van der Waals surface area contributed by atoms with Crippen LogP contribution in [0.2, 0.25) is 39.3 Å². The number of aryl methyl sites for hydroxylation is 1. The Morgan fingerprint density at radius 2 is 1.17 bits per heavy atom. The Kier molecular flexibility index (Phi) is 7.01. The molecule has 0 fully saturated rings. The van der Waals surface area contributed by atoms with Gasteiger partial charge in [-0.15, -0.1) is 11.1 Å². The van der Waals surface area contributed by atoms with Crippen molar-refractivity contribution in [3.63, 3.8) is 0 Å². The SMILES string of the molecule is Cc1c(C)c(O)c(-c2oc3c(C)c(C)c(O)c(C#C[Si](C)(C)C)c3c3cc4ccccc4c2-3)c(C#C[Si](C)(C)C)c1O. The number of phenols is 3. The van der Waals surface area contributed by atoms with Crippen molar-refractivity contribution in [3.8, 4) is 62.6 Å². The summed E-state index contributed by atoms with van der Waals surface area (Å²) in [6.45, 7) is 20.3. The molecule has 0 saturated carbocycles. The van der Waals surface area contributed by atoms with E-state index in [0.717, 1.165) is 32.8 Å². The maximum absolute atomic E-state index is 11.7. The predicted octanol–water partition coefficient (Wildman–Crippen LogP) is 9.17. The Hall–Kier alpha value is -4.11. The highest BCUT2D eigenvalue weighted by atomic mass is 28.3. The number of rotatable bonds is 1. The van der Waals surface area contributed by atoms with Crippen LogP contribution in [0.5, 0.6) is 17.2 Å². The van der Waals surface area contributed by atoms with Crippen LogP contribution in [0.4, 0.5) is 0 Å². The smallest absolute Gasteiger partial charge is 0.148 e. The molecule has 214 valence electrons. The molecule has 0 unspecified atom stereocenters. The Morgan fingerprint density at radius 1 is 0.643 bits per heavy atom. The van der Waals surface area contributed by atoms with E-state index in [1.807, 2.05) is 38.1 Å². The highest BCUT2D eigenvalue weighted by Crippen LogP contribution is 2.53. The van der Waals surface area contributed by atoms with Crippen LogP contribution in [0, 0.1) is 50.6 Å². The fraction of sp³-hybridized carbons (Fsp3) is 0.278. The van der Waals surface area contributed by atoms with Gasteiger partial charge in [0.25, 0.3) is 0 Å². The second-order valence-electron chi connectivity index (χ2n) is 13.3. The maximum Gasteiger partial charge on any atom is 0.148 e. The molecule has 2 aliphatic rings. The van der Waals surface area contributed by atoms with Gasteiger partial charge in [0.2, 0.25) is 0 Å². The molecule has 4 nitrogen and oxygen atoms in total. The average molecular weight is 591 g/mol. The van der Waals surface area contributed by atoms with E-state index in [9.17, 15) is 15.3 Å². The van der Waals surface area contributed by atoms with Crippen LogP contribution in [0.3, 0.4) is 0 Å². The van der Waals surface area contributed by atoms with E-state index >= 15 is 0 Å². The van der Waals surface area contributed by atoms with Crippen LogP contribution in [0.1, 0.15) is 33.4 Å². The summed E-state index contributed by atoms with van der Waals surface area (Å²) in [5.41, 5.74) is 13.0. The molecule has 1 heterocycles. The first-order chi connectivity index (χ1) is 19.5. The van der Waals surface area contributed by atoms with Gasteiger partial charge in [0.05, 0.1) is 16.7 Å². The first-order valence-electron chi connectivity index (χ1n) is 14.2. The lowest BCUT2D eigenvalue weighted by Crippen LogP contribution is -2.16. The highest BCUT2D eigenvalue weighted by molar-refractivity contribution is 6.84. The van der Waals surface area contributed by atoms with Gasteiger partial charge in [-0.05, 0) is 72.4 Å². The third-order valence-corrected chi connectivity index (χ3v) is 9.57. The van der Waals surface area contributed by atoms with Gasteiger partial charge < -0.3 is 19.7 Å². The molecule has 0 aromatic heterocycles. The lowest BCUT2D eigenvalue weighted by molar-refractivity contribution is 0.451. The molecule has 0 radical (unpaired) electrons. The molecule has 0 amide bonds. The van der Waals surface area contributed by atoms with Gasteiger partial charge >= 0.3 is 0 Å². The topological polar surface area (TPSA) is 73.8 Å². The van der Waals surface area contributed by atoms with Gasteiger partial charge in [0, 0.05) is 10.9 Å². The van der Waals surface area contributed by atoms with Crippen molar-refractivity contribution in [2.75, 3.05) is 0 Å². The molecule has 3 N–H and O–H groups in total. The molecule has 3 aromatic rings. The first kappa shape index (κ1) is 29.4. The normalized spacial score (nSPS) is 12.0. The molecule has 42 heavy (non-hydrogen) atoms. The first-order valence-corrected chi connectivity index (χ1v) is 21.2. The van der Waals surface area contributed by atoms with Gasteiger partial charge in [-0.25, -0.2) is 0 Å². The zero-order chi connectivity index (χ0) is 30.9. The maximum atomic E-state index is 11.7. The summed E-state index contributed by atoms with van der Waals surface area (Å²) in [5.74, 6) is 7.27. The fourth-order valence-corrected chi connectivity index (χ4v) is 6.27. The summed E-state index contributed by atoms with van der Waals surface area (Å²) in [4.78, 5) is 0. The molecule has 0 saturated heterocycles. The average Bonchev–Trinajstić information content (AvgIpc) is 3.30. The molecular weight excluding hydrogens is 553 g/mol. The third-order valence-electron chi connectivity index (χ3n) is 7.82. The van der Waals surface area contributed by atoms with Gasteiger partial charge in [0.15, 0.2) is 0 Å². The molecule has 6 heteroatoms. The van der Waals surface area contributed by atoms with Gasteiger partial charge in [-0.3, -0.25) is 0 Å². The minimum Gasteiger partial charge on any atom is -0.507 e. The number of hydrogen-bond donors (Lipinski definition) is 3. The molecule has 0 atom stereocenters. The lowest BCUT2D eigenvalue weighted by atomic mass is 9.89. The minimum atomic E-state index is -1.84. The summed E-state index contributed by atoms with van der Waals surface area (Å²) >= 11 is 0. The van der Waals surface area contributed by atoms with Crippen LogP contribution in [0.25, 0.3) is 44.2 Å². The van der Waals surface area contributed by atoms with E-state index in [1.165, 1.54) is 0 Å². The van der Waals surface area contributed by atoms with E-state index in [-0.39, 0.29) is 17.2 Å². The fourth-order valence-electron chi connectivity index (χ4n) is 5.27.